The molecule has 6 rings (SSSR count). The SMILES string of the molecule is c1cnn(-c2ccc3c(c2)COc2nc(N4C[C@H]5CNC[C@H]5C4)ccc2-3)c1. The first kappa shape index (κ1) is 15.2. The fourth-order valence-electron chi connectivity index (χ4n) is 4.64. The minimum atomic E-state index is 0.545. The summed E-state index contributed by atoms with van der Waals surface area (Å²) in [7, 11) is 0. The minimum absolute atomic E-state index is 0.545. The number of hydrogen-bond acceptors (Lipinski definition) is 5. The quantitative estimate of drug-likeness (QED) is 0.762. The van der Waals surface area contributed by atoms with E-state index in [0.29, 0.717) is 6.61 Å². The number of rotatable bonds is 2. The molecule has 6 heteroatoms. The molecule has 6 nitrogen and oxygen atoms in total. The number of fused-ring (bicyclic) bond motifs is 4. The van der Waals surface area contributed by atoms with Gasteiger partial charge < -0.3 is 15.0 Å². The van der Waals surface area contributed by atoms with Gasteiger partial charge in [0.2, 0.25) is 5.88 Å². The number of hydrogen-bond donors (Lipinski definition) is 1. The molecule has 0 saturated carbocycles. The Morgan fingerprint density at radius 2 is 1.89 bits per heavy atom. The van der Waals surface area contributed by atoms with E-state index >= 15 is 0 Å². The van der Waals surface area contributed by atoms with Gasteiger partial charge in [-0.05, 0) is 53.3 Å². The van der Waals surface area contributed by atoms with Gasteiger partial charge in [-0.2, -0.15) is 10.1 Å². The largest absolute Gasteiger partial charge is 0.472 e. The highest BCUT2D eigenvalue weighted by atomic mass is 16.5. The van der Waals surface area contributed by atoms with Crippen LogP contribution in [0.2, 0.25) is 0 Å². The zero-order valence-electron chi connectivity index (χ0n) is 15.0. The van der Waals surface area contributed by atoms with Crippen LogP contribution >= 0.6 is 0 Å². The molecule has 3 aromatic rings. The summed E-state index contributed by atoms with van der Waals surface area (Å²) in [6, 6.07) is 12.6. The molecule has 0 bridgehead atoms. The molecule has 0 radical (unpaired) electrons. The molecule has 0 spiro atoms. The van der Waals surface area contributed by atoms with E-state index in [2.05, 4.69) is 45.6 Å². The number of anilines is 1. The summed E-state index contributed by atoms with van der Waals surface area (Å²) in [4.78, 5) is 7.27. The Balaban J connectivity index is 1.32. The summed E-state index contributed by atoms with van der Waals surface area (Å²) in [6.07, 6.45) is 3.74. The molecule has 2 saturated heterocycles. The third-order valence-electron chi connectivity index (χ3n) is 6.07. The van der Waals surface area contributed by atoms with Crippen molar-refractivity contribution >= 4 is 5.82 Å². The highest BCUT2D eigenvalue weighted by molar-refractivity contribution is 5.75. The Morgan fingerprint density at radius 1 is 1.04 bits per heavy atom. The van der Waals surface area contributed by atoms with E-state index in [-0.39, 0.29) is 0 Å². The van der Waals surface area contributed by atoms with Crippen molar-refractivity contribution in [1.29, 1.82) is 0 Å². The lowest BCUT2D eigenvalue weighted by molar-refractivity contribution is 0.290. The Hall–Kier alpha value is -2.86. The maximum Gasteiger partial charge on any atom is 0.223 e. The minimum Gasteiger partial charge on any atom is -0.472 e. The van der Waals surface area contributed by atoms with Gasteiger partial charge in [0.15, 0.2) is 0 Å². The summed E-state index contributed by atoms with van der Waals surface area (Å²) in [6.45, 7) is 4.99. The van der Waals surface area contributed by atoms with Gasteiger partial charge in [0, 0.05) is 44.1 Å². The Kier molecular flexibility index (Phi) is 3.28. The zero-order chi connectivity index (χ0) is 17.8. The fraction of sp³-hybridized carbons (Fsp3) is 0.333. The van der Waals surface area contributed by atoms with Gasteiger partial charge in [0.05, 0.1) is 5.69 Å². The predicted octanol–water partition coefficient (Wildman–Crippen LogP) is 2.48. The first-order valence-electron chi connectivity index (χ1n) is 9.58. The summed E-state index contributed by atoms with van der Waals surface area (Å²) < 4.78 is 7.91. The van der Waals surface area contributed by atoms with Crippen molar-refractivity contribution in [1.82, 2.24) is 20.1 Å². The van der Waals surface area contributed by atoms with Crippen LogP contribution in [0.15, 0.2) is 48.8 Å². The van der Waals surface area contributed by atoms with Crippen LogP contribution in [0.5, 0.6) is 5.88 Å². The van der Waals surface area contributed by atoms with Gasteiger partial charge in [0.1, 0.15) is 12.4 Å². The van der Waals surface area contributed by atoms with Crippen LogP contribution in [-0.4, -0.2) is 40.9 Å². The van der Waals surface area contributed by atoms with Gasteiger partial charge in [0.25, 0.3) is 0 Å². The monoisotopic (exact) mass is 359 g/mol. The molecule has 0 amide bonds. The highest BCUT2D eigenvalue weighted by Gasteiger charge is 2.36. The van der Waals surface area contributed by atoms with Crippen LogP contribution in [0.25, 0.3) is 16.8 Å². The molecular formula is C21H21N5O. The van der Waals surface area contributed by atoms with Crippen molar-refractivity contribution in [2.24, 2.45) is 11.8 Å². The maximum atomic E-state index is 6.04. The van der Waals surface area contributed by atoms with Crippen molar-refractivity contribution in [3.63, 3.8) is 0 Å². The van der Waals surface area contributed by atoms with Gasteiger partial charge in [-0.25, -0.2) is 4.68 Å². The van der Waals surface area contributed by atoms with Gasteiger partial charge >= 0.3 is 0 Å². The molecule has 5 heterocycles. The molecule has 27 heavy (non-hydrogen) atoms. The van der Waals surface area contributed by atoms with E-state index in [1.165, 1.54) is 11.1 Å². The average molecular weight is 359 g/mol. The standard InChI is InChI=1S/C21H21N5O/c1-6-23-26(7-1)17-2-3-18-14(8-17)13-27-21-19(18)4-5-20(24-21)25-11-15-9-22-10-16(15)12-25/h1-8,15-16,22H,9-13H2/t15-,16+. The Labute approximate surface area is 157 Å². The van der Waals surface area contributed by atoms with Crippen LogP contribution < -0.4 is 15.0 Å². The second-order valence-electron chi connectivity index (χ2n) is 7.69. The first-order chi connectivity index (χ1) is 13.3. The van der Waals surface area contributed by atoms with Crippen LogP contribution in [0.3, 0.4) is 0 Å². The van der Waals surface area contributed by atoms with Crippen molar-refractivity contribution < 1.29 is 4.74 Å². The molecule has 1 aromatic carbocycles. The normalized spacial score (nSPS) is 22.9. The second-order valence-corrected chi connectivity index (χ2v) is 7.69. The van der Waals surface area contributed by atoms with E-state index in [1.807, 2.05) is 16.9 Å². The Morgan fingerprint density at radius 3 is 2.70 bits per heavy atom. The number of nitrogens with one attached hydrogen (secondary N) is 1. The van der Waals surface area contributed by atoms with Crippen molar-refractivity contribution in [3.8, 4) is 22.7 Å². The van der Waals surface area contributed by atoms with Gasteiger partial charge in [-0.3, -0.25) is 0 Å². The van der Waals surface area contributed by atoms with Gasteiger partial charge in [-0.1, -0.05) is 6.07 Å². The van der Waals surface area contributed by atoms with Crippen molar-refractivity contribution in [2.75, 3.05) is 31.1 Å². The second kappa shape index (κ2) is 5.82. The lowest BCUT2D eigenvalue weighted by Crippen LogP contribution is -2.26. The molecule has 2 aromatic heterocycles. The summed E-state index contributed by atoms with van der Waals surface area (Å²) in [5, 5.41) is 7.81. The molecule has 0 aliphatic carbocycles. The lowest BCUT2D eigenvalue weighted by Gasteiger charge is -2.24. The van der Waals surface area contributed by atoms with E-state index in [4.69, 9.17) is 9.72 Å². The maximum absolute atomic E-state index is 6.04. The third kappa shape index (κ3) is 2.44. The summed E-state index contributed by atoms with van der Waals surface area (Å²) >= 11 is 0. The summed E-state index contributed by atoms with van der Waals surface area (Å²) in [5.74, 6) is 3.30. The molecule has 2 fully saturated rings. The van der Waals surface area contributed by atoms with E-state index in [9.17, 15) is 0 Å². The molecule has 2 atom stereocenters. The lowest BCUT2D eigenvalue weighted by atomic mass is 9.98. The fourth-order valence-corrected chi connectivity index (χ4v) is 4.64. The highest BCUT2D eigenvalue weighted by Crippen LogP contribution is 2.39. The molecule has 136 valence electrons. The smallest absolute Gasteiger partial charge is 0.223 e. The predicted molar refractivity (Wildman–Crippen MR) is 103 cm³/mol. The van der Waals surface area contributed by atoms with Crippen LogP contribution in [0, 0.1) is 11.8 Å². The molecule has 3 aliphatic heterocycles. The molecule has 1 N–H and O–H groups in total. The van der Waals surface area contributed by atoms with Crippen molar-refractivity contribution in [3.05, 3.63) is 54.4 Å². The molecule has 3 aliphatic rings. The number of ether oxygens (including phenoxy) is 1. The zero-order valence-corrected chi connectivity index (χ0v) is 15.0. The molecule has 0 unspecified atom stereocenters. The number of benzene rings is 1. The number of pyridine rings is 1. The summed E-state index contributed by atoms with van der Waals surface area (Å²) in [5.41, 5.74) is 4.50. The van der Waals surface area contributed by atoms with E-state index in [1.54, 1.807) is 6.20 Å². The van der Waals surface area contributed by atoms with E-state index in [0.717, 1.165) is 61.0 Å². The van der Waals surface area contributed by atoms with Crippen LogP contribution in [0.1, 0.15) is 5.56 Å². The van der Waals surface area contributed by atoms with E-state index < -0.39 is 0 Å². The van der Waals surface area contributed by atoms with Crippen LogP contribution in [0.4, 0.5) is 5.82 Å². The third-order valence-corrected chi connectivity index (χ3v) is 6.07. The van der Waals surface area contributed by atoms with Crippen LogP contribution in [-0.2, 0) is 6.61 Å². The Bertz CT molecular complexity index is 988. The average Bonchev–Trinajstić information content (AvgIpc) is 3.44. The number of nitrogens with zero attached hydrogens (tertiary/aromatic N) is 4. The molecular weight excluding hydrogens is 338 g/mol. The van der Waals surface area contributed by atoms with Crippen molar-refractivity contribution in [2.45, 2.75) is 6.61 Å². The topological polar surface area (TPSA) is 55.2 Å². The number of aromatic nitrogens is 3. The van der Waals surface area contributed by atoms with Gasteiger partial charge in [-0.15, -0.1) is 0 Å². The first-order valence-corrected chi connectivity index (χ1v) is 9.58.